The Morgan fingerprint density at radius 2 is 1.70 bits per heavy atom. The summed E-state index contributed by atoms with van der Waals surface area (Å²) in [7, 11) is 0. The molecule has 0 aliphatic rings. The van der Waals surface area contributed by atoms with Crippen LogP contribution >= 0.6 is 11.3 Å². The minimum absolute atomic E-state index is 1.33. The summed E-state index contributed by atoms with van der Waals surface area (Å²) in [5.41, 5.74) is 0. The van der Waals surface area contributed by atoms with Crippen molar-refractivity contribution < 1.29 is 0 Å². The molecule has 0 amide bonds. The number of fused-ring (bicyclic) bond motifs is 1. The average molecular weight is 147 g/mol. The molecule has 1 aromatic carbocycles. The maximum atomic E-state index is 2.14. The lowest BCUT2D eigenvalue weighted by molar-refractivity contribution is 1.83. The molecule has 0 saturated heterocycles. The zero-order chi connectivity index (χ0) is 6.81. The summed E-state index contributed by atoms with van der Waals surface area (Å²) in [6.45, 7) is 0. The van der Waals surface area contributed by atoms with Crippen LogP contribution in [-0.4, -0.2) is 0 Å². The molecule has 1 heteroatoms. The zero-order valence-corrected chi connectivity index (χ0v) is 6.27. The predicted molar refractivity (Wildman–Crippen MR) is 46.2 cm³/mol. The van der Waals surface area contributed by atoms with Crippen LogP contribution in [0.5, 0.6) is 0 Å². The molecular formula is C9H7S+. The fraction of sp³-hybridized carbons (Fsp3) is 0. The molecule has 2 rings (SSSR count). The van der Waals surface area contributed by atoms with Crippen molar-refractivity contribution in [2.24, 2.45) is 0 Å². The fourth-order valence-corrected chi connectivity index (χ4v) is 1.71. The molecule has 0 radical (unpaired) electrons. The van der Waals surface area contributed by atoms with Gasteiger partial charge in [0.1, 0.15) is 0 Å². The lowest BCUT2D eigenvalue weighted by atomic mass is 10.3. The van der Waals surface area contributed by atoms with Crippen LogP contribution in [0.15, 0.2) is 41.8 Å². The Bertz CT molecular complexity index is 276. The van der Waals surface area contributed by atoms with E-state index in [2.05, 4.69) is 41.8 Å². The second-order valence-corrected chi connectivity index (χ2v) is 3.10. The SMILES string of the molecule is c1ccc2[s+]cccc2c1. The van der Waals surface area contributed by atoms with Gasteiger partial charge in [-0.05, 0) is 18.2 Å². The second-order valence-electron chi connectivity index (χ2n) is 2.15. The van der Waals surface area contributed by atoms with E-state index in [1.807, 2.05) is 0 Å². The van der Waals surface area contributed by atoms with Crippen molar-refractivity contribution in [3.05, 3.63) is 41.8 Å². The van der Waals surface area contributed by atoms with Crippen LogP contribution in [0.2, 0.25) is 0 Å². The van der Waals surface area contributed by atoms with E-state index in [1.54, 1.807) is 11.3 Å². The summed E-state index contributed by atoms with van der Waals surface area (Å²) in [6, 6.07) is 12.6. The molecule has 0 nitrogen and oxygen atoms in total. The molecule has 10 heavy (non-hydrogen) atoms. The van der Waals surface area contributed by atoms with Crippen molar-refractivity contribution in [1.29, 1.82) is 0 Å². The molecule has 0 fully saturated rings. The third kappa shape index (κ3) is 0.888. The van der Waals surface area contributed by atoms with Crippen LogP contribution in [0, 0.1) is 0 Å². The van der Waals surface area contributed by atoms with E-state index in [4.69, 9.17) is 0 Å². The van der Waals surface area contributed by atoms with Gasteiger partial charge in [-0.3, -0.25) is 0 Å². The summed E-state index contributed by atoms with van der Waals surface area (Å²) in [5.74, 6) is 0. The van der Waals surface area contributed by atoms with E-state index in [0.29, 0.717) is 0 Å². The van der Waals surface area contributed by atoms with Crippen LogP contribution in [-0.2, 0) is 0 Å². The standard InChI is InChI=1S/C9H7S/c1-2-6-9-8(4-1)5-3-7-10-9/h1-7H/q+1. The first kappa shape index (κ1) is 5.81. The lowest BCUT2D eigenvalue weighted by Crippen LogP contribution is -1.63. The quantitative estimate of drug-likeness (QED) is 0.502. The molecule has 1 heterocycles. The highest BCUT2D eigenvalue weighted by atomic mass is 32.1. The average Bonchev–Trinajstić information content (AvgIpc) is 2.05. The Morgan fingerprint density at radius 3 is 2.60 bits per heavy atom. The summed E-state index contributed by atoms with van der Waals surface area (Å²) in [4.78, 5) is 0. The van der Waals surface area contributed by atoms with Crippen molar-refractivity contribution in [3.8, 4) is 0 Å². The largest absolute Gasteiger partial charge is 0.237 e. The Hall–Kier alpha value is -0.950. The maximum Gasteiger partial charge on any atom is 0.237 e. The third-order valence-electron chi connectivity index (χ3n) is 1.47. The molecule has 2 aromatic rings. The van der Waals surface area contributed by atoms with Gasteiger partial charge < -0.3 is 0 Å². The molecule has 48 valence electrons. The number of hydrogen-bond acceptors (Lipinski definition) is 0. The molecule has 0 saturated carbocycles. The predicted octanol–water partition coefficient (Wildman–Crippen LogP) is 3.18. The van der Waals surface area contributed by atoms with Gasteiger partial charge in [0, 0.05) is 11.5 Å². The van der Waals surface area contributed by atoms with E-state index < -0.39 is 0 Å². The first-order chi connectivity index (χ1) is 4.97. The van der Waals surface area contributed by atoms with Crippen LogP contribution in [0.4, 0.5) is 0 Å². The first-order valence-electron chi connectivity index (χ1n) is 3.22. The Morgan fingerprint density at radius 1 is 0.900 bits per heavy atom. The van der Waals surface area contributed by atoms with Gasteiger partial charge in [0.05, 0.1) is 0 Å². The number of rotatable bonds is 0. The molecule has 0 aliphatic carbocycles. The third-order valence-corrected chi connectivity index (χ3v) is 2.39. The van der Waals surface area contributed by atoms with E-state index in [9.17, 15) is 0 Å². The smallest absolute Gasteiger partial charge is 0.0613 e. The van der Waals surface area contributed by atoms with Crippen molar-refractivity contribution >= 4 is 21.4 Å². The highest BCUT2D eigenvalue weighted by molar-refractivity contribution is 7.16. The number of hydrogen-bond donors (Lipinski definition) is 0. The monoisotopic (exact) mass is 147 g/mol. The molecule has 0 bridgehead atoms. The van der Waals surface area contributed by atoms with Crippen LogP contribution in [0.1, 0.15) is 0 Å². The topological polar surface area (TPSA) is 0 Å². The fourth-order valence-electron chi connectivity index (χ4n) is 0.981. The van der Waals surface area contributed by atoms with Gasteiger partial charge in [0.2, 0.25) is 16.0 Å². The van der Waals surface area contributed by atoms with Crippen molar-refractivity contribution in [2.75, 3.05) is 0 Å². The van der Waals surface area contributed by atoms with Gasteiger partial charge in [-0.25, -0.2) is 0 Å². The summed E-state index contributed by atoms with van der Waals surface area (Å²) in [5, 5.41) is 3.43. The van der Waals surface area contributed by atoms with Crippen LogP contribution in [0.25, 0.3) is 10.1 Å². The summed E-state index contributed by atoms with van der Waals surface area (Å²) < 4.78 is 1.35. The molecule has 1 aromatic heterocycles. The minimum atomic E-state index is 1.33. The molecule has 0 N–H and O–H groups in total. The van der Waals surface area contributed by atoms with Gasteiger partial charge in [-0.1, -0.05) is 12.1 Å². The molecule has 0 aliphatic heterocycles. The molecule has 0 atom stereocenters. The van der Waals surface area contributed by atoms with Crippen molar-refractivity contribution in [2.45, 2.75) is 0 Å². The van der Waals surface area contributed by atoms with Crippen LogP contribution in [0.3, 0.4) is 0 Å². The van der Waals surface area contributed by atoms with Crippen molar-refractivity contribution in [3.63, 3.8) is 0 Å². The summed E-state index contributed by atoms with van der Waals surface area (Å²) >= 11 is 1.78. The normalized spacial score (nSPS) is 10.0. The van der Waals surface area contributed by atoms with Crippen molar-refractivity contribution in [1.82, 2.24) is 0 Å². The maximum absolute atomic E-state index is 2.14. The van der Waals surface area contributed by atoms with Gasteiger partial charge >= 0.3 is 0 Å². The Balaban J connectivity index is 2.89. The number of benzene rings is 1. The molecular weight excluding hydrogens is 140 g/mol. The summed E-state index contributed by atoms with van der Waals surface area (Å²) in [6.07, 6.45) is 0. The van der Waals surface area contributed by atoms with E-state index in [1.165, 1.54) is 10.1 Å². The zero-order valence-electron chi connectivity index (χ0n) is 5.45. The Labute approximate surface area is 63.8 Å². The highest BCUT2D eigenvalue weighted by Gasteiger charge is 1.98. The molecule has 0 unspecified atom stereocenters. The van der Waals surface area contributed by atoms with Gasteiger partial charge in [-0.2, -0.15) is 0 Å². The van der Waals surface area contributed by atoms with Gasteiger partial charge in [0.25, 0.3) is 0 Å². The van der Waals surface area contributed by atoms with E-state index >= 15 is 0 Å². The Kier molecular flexibility index (Phi) is 1.36. The van der Waals surface area contributed by atoms with Gasteiger partial charge in [-0.15, -0.1) is 0 Å². The van der Waals surface area contributed by atoms with E-state index in [-0.39, 0.29) is 0 Å². The molecule has 0 spiro atoms. The minimum Gasteiger partial charge on any atom is -0.0613 e. The lowest BCUT2D eigenvalue weighted by Gasteiger charge is -1.82. The van der Waals surface area contributed by atoms with Crippen LogP contribution < -0.4 is 0 Å². The van der Waals surface area contributed by atoms with E-state index in [0.717, 1.165) is 0 Å². The first-order valence-corrected chi connectivity index (χ1v) is 4.10. The van der Waals surface area contributed by atoms with Gasteiger partial charge in [0.15, 0.2) is 5.38 Å². The second kappa shape index (κ2) is 2.35. The highest BCUT2D eigenvalue weighted by Crippen LogP contribution is 2.16.